The number of carboxylic acid groups (broad SMARTS) is 2. The molecule has 0 fully saturated rings. The van der Waals surface area contributed by atoms with Crippen LogP contribution in [0.4, 0.5) is 4.79 Å². The molecule has 0 unspecified atom stereocenters. The quantitative estimate of drug-likeness (QED) is 0.396. The van der Waals surface area contributed by atoms with E-state index in [0.29, 0.717) is 10.9 Å². The summed E-state index contributed by atoms with van der Waals surface area (Å²) in [6.07, 6.45) is 0. The van der Waals surface area contributed by atoms with E-state index in [9.17, 15) is 24.3 Å². The Balaban J connectivity index is 1.87. The minimum atomic E-state index is -1.25. The normalized spacial score (nSPS) is 10.7. The summed E-state index contributed by atoms with van der Waals surface area (Å²) in [5, 5.41) is 24.6. The van der Waals surface area contributed by atoms with Gasteiger partial charge in [-0.3, -0.25) is 4.79 Å². The van der Waals surface area contributed by atoms with Gasteiger partial charge in [0.15, 0.2) is 5.69 Å². The van der Waals surface area contributed by atoms with Gasteiger partial charge in [0.25, 0.3) is 0 Å². The molecule has 0 atom stereocenters. The molecule has 0 bridgehead atoms. The van der Waals surface area contributed by atoms with Gasteiger partial charge >= 0.3 is 18.0 Å². The molecule has 1 heterocycles. The Hall–Kier alpha value is -3.51. The number of rotatable bonds is 12. The van der Waals surface area contributed by atoms with Gasteiger partial charge in [-0.15, -0.1) is 0 Å². The number of benzene rings is 1. The van der Waals surface area contributed by atoms with Crippen molar-refractivity contribution in [2.24, 2.45) is 0 Å². The molecule has 2 rings (SSSR count). The van der Waals surface area contributed by atoms with Crippen LogP contribution in [0.3, 0.4) is 0 Å². The molecule has 1 aromatic carbocycles. The Bertz CT molecular complexity index is 942. The van der Waals surface area contributed by atoms with Gasteiger partial charge in [-0.05, 0) is 13.0 Å². The Morgan fingerprint density at radius 2 is 1.81 bits per heavy atom. The monoisotopic (exact) mass is 436 g/mol. The summed E-state index contributed by atoms with van der Waals surface area (Å²) in [5.74, 6) is -2.74. The predicted molar refractivity (Wildman–Crippen MR) is 107 cm³/mol. The van der Waals surface area contributed by atoms with Crippen LogP contribution < -0.4 is 5.32 Å². The van der Waals surface area contributed by atoms with Gasteiger partial charge in [0.1, 0.15) is 13.2 Å². The number of carbonyl (C=O) groups excluding carboxylic acids is 2. The van der Waals surface area contributed by atoms with Gasteiger partial charge in [-0.25, -0.2) is 14.4 Å². The Labute approximate surface area is 177 Å². The topological polar surface area (TPSA) is 160 Å². The summed E-state index contributed by atoms with van der Waals surface area (Å²) >= 11 is 0. The van der Waals surface area contributed by atoms with E-state index in [4.69, 9.17) is 14.6 Å². The Morgan fingerprint density at radius 1 is 1.10 bits per heavy atom. The molecule has 168 valence electrons. The van der Waals surface area contributed by atoms with E-state index in [-0.39, 0.29) is 45.1 Å². The van der Waals surface area contributed by atoms with Crippen molar-refractivity contribution in [2.75, 3.05) is 46.1 Å². The van der Waals surface area contributed by atoms with Crippen molar-refractivity contribution in [3.8, 4) is 0 Å². The lowest BCUT2D eigenvalue weighted by atomic mass is 10.2. The summed E-state index contributed by atoms with van der Waals surface area (Å²) in [7, 11) is 0. The van der Waals surface area contributed by atoms with E-state index in [2.05, 4.69) is 10.4 Å². The lowest BCUT2D eigenvalue weighted by molar-refractivity contribution is -0.142. The van der Waals surface area contributed by atoms with Crippen LogP contribution in [-0.4, -0.2) is 94.8 Å². The van der Waals surface area contributed by atoms with Crippen LogP contribution in [0.25, 0.3) is 10.9 Å². The van der Waals surface area contributed by atoms with Crippen molar-refractivity contribution in [1.82, 2.24) is 20.0 Å². The lowest BCUT2D eigenvalue weighted by Crippen LogP contribution is -2.43. The highest BCUT2D eigenvalue weighted by molar-refractivity contribution is 6.04. The largest absolute Gasteiger partial charge is 0.480 e. The zero-order chi connectivity index (χ0) is 22.8. The number of nitrogens with zero attached hydrogens (tertiary/aromatic N) is 3. The molecule has 0 aliphatic heterocycles. The van der Waals surface area contributed by atoms with E-state index in [1.807, 2.05) is 0 Å². The molecule has 0 aliphatic carbocycles. The van der Waals surface area contributed by atoms with E-state index in [1.54, 1.807) is 31.2 Å². The number of hydrogen-bond donors (Lipinski definition) is 3. The van der Waals surface area contributed by atoms with E-state index >= 15 is 0 Å². The van der Waals surface area contributed by atoms with Crippen molar-refractivity contribution in [2.45, 2.75) is 6.92 Å². The van der Waals surface area contributed by atoms with Crippen molar-refractivity contribution in [3.05, 3.63) is 30.0 Å². The van der Waals surface area contributed by atoms with Crippen LogP contribution in [0.5, 0.6) is 0 Å². The molecule has 0 saturated heterocycles. The van der Waals surface area contributed by atoms with E-state index < -0.39 is 30.5 Å². The number of aromatic carboxylic acids is 1. The van der Waals surface area contributed by atoms with E-state index in [1.165, 1.54) is 4.90 Å². The molecule has 0 spiro atoms. The average Bonchev–Trinajstić information content (AvgIpc) is 3.13. The van der Waals surface area contributed by atoms with Crippen LogP contribution in [-0.2, 0) is 19.1 Å². The first-order chi connectivity index (χ1) is 14.8. The first-order valence-corrected chi connectivity index (χ1v) is 9.49. The van der Waals surface area contributed by atoms with Crippen molar-refractivity contribution in [3.63, 3.8) is 0 Å². The maximum absolute atomic E-state index is 12.9. The fraction of sp³-hybridized carbons (Fsp3) is 0.421. The van der Waals surface area contributed by atoms with Crippen LogP contribution in [0.15, 0.2) is 24.3 Å². The maximum atomic E-state index is 12.9. The second kappa shape index (κ2) is 11.6. The highest BCUT2D eigenvalue weighted by Crippen LogP contribution is 2.19. The van der Waals surface area contributed by atoms with E-state index in [0.717, 1.165) is 4.68 Å². The first kappa shape index (κ1) is 23.8. The van der Waals surface area contributed by atoms with Crippen molar-refractivity contribution >= 4 is 34.8 Å². The first-order valence-electron chi connectivity index (χ1n) is 9.49. The number of nitrogens with one attached hydrogen (secondary N) is 1. The number of aliphatic carboxylic acids is 1. The maximum Gasteiger partial charge on any atom is 0.357 e. The number of aromatic nitrogens is 2. The zero-order valence-corrected chi connectivity index (χ0v) is 16.9. The summed E-state index contributed by atoms with van der Waals surface area (Å²) in [6.45, 7) is 1.94. The van der Waals surface area contributed by atoms with Gasteiger partial charge in [-0.1, -0.05) is 18.2 Å². The predicted octanol–water partition coefficient (Wildman–Crippen LogP) is 0.259. The molecular weight excluding hydrogens is 412 g/mol. The summed E-state index contributed by atoms with van der Waals surface area (Å²) in [5.41, 5.74) is 0.0937. The number of hydrogen-bond acceptors (Lipinski definition) is 7. The van der Waals surface area contributed by atoms with Gasteiger partial charge in [0.05, 0.1) is 25.3 Å². The molecule has 3 N–H and O–H groups in total. The average molecular weight is 436 g/mol. The van der Waals surface area contributed by atoms with Crippen LogP contribution in [0, 0.1) is 0 Å². The smallest absolute Gasteiger partial charge is 0.357 e. The number of amides is 2. The third kappa shape index (κ3) is 6.76. The second-order valence-electron chi connectivity index (χ2n) is 6.29. The Kier molecular flexibility index (Phi) is 8.91. The fourth-order valence-electron chi connectivity index (χ4n) is 2.69. The van der Waals surface area contributed by atoms with Gasteiger partial charge < -0.3 is 29.9 Å². The minimum absolute atomic E-state index is 0.120. The number of likely N-dealkylation sites (N-methyl/N-ethyl adjacent to an activating group) is 1. The van der Waals surface area contributed by atoms with Crippen LogP contribution >= 0.6 is 0 Å². The molecule has 31 heavy (non-hydrogen) atoms. The number of para-hydroxylation sites is 1. The zero-order valence-electron chi connectivity index (χ0n) is 16.9. The number of carboxylic acids is 2. The van der Waals surface area contributed by atoms with Crippen LogP contribution in [0.2, 0.25) is 0 Å². The van der Waals surface area contributed by atoms with Crippen molar-refractivity contribution < 1.29 is 38.9 Å². The SMILES string of the molecule is CCN(CC(=O)NCCOCCOCC(=O)O)C(=O)n1nc(C(=O)O)c2ccccc21. The summed E-state index contributed by atoms with van der Waals surface area (Å²) in [4.78, 5) is 48.0. The number of carbonyl (C=O) groups is 4. The van der Waals surface area contributed by atoms with Crippen molar-refractivity contribution in [1.29, 1.82) is 0 Å². The lowest BCUT2D eigenvalue weighted by Gasteiger charge is -2.20. The molecule has 0 radical (unpaired) electrons. The number of fused-ring (bicyclic) bond motifs is 1. The fourth-order valence-corrected chi connectivity index (χ4v) is 2.69. The molecule has 2 amide bonds. The molecular formula is C19H24N4O8. The van der Waals surface area contributed by atoms with Gasteiger partial charge in [0, 0.05) is 18.5 Å². The minimum Gasteiger partial charge on any atom is -0.480 e. The molecule has 1 aromatic heterocycles. The molecule has 12 heteroatoms. The molecule has 2 aromatic rings. The highest BCUT2D eigenvalue weighted by atomic mass is 16.5. The standard InChI is InChI=1S/C19H24N4O8/c1-2-22(11-15(24)20-7-8-30-9-10-31-12-16(25)26)19(29)23-14-6-4-3-5-13(14)17(21-23)18(27)28/h3-6H,2,7-12H2,1H3,(H,20,24)(H,25,26)(H,27,28). The molecule has 12 nitrogen and oxygen atoms in total. The third-order valence-corrected chi connectivity index (χ3v) is 4.12. The van der Waals surface area contributed by atoms with Gasteiger partial charge in [-0.2, -0.15) is 9.78 Å². The number of ether oxygens (including phenoxy) is 2. The van der Waals surface area contributed by atoms with Gasteiger partial charge in [0.2, 0.25) is 5.91 Å². The molecule has 0 saturated carbocycles. The second-order valence-corrected chi connectivity index (χ2v) is 6.29. The summed E-state index contributed by atoms with van der Waals surface area (Å²) in [6, 6.07) is 5.84. The van der Waals surface area contributed by atoms with Crippen LogP contribution in [0.1, 0.15) is 17.4 Å². The third-order valence-electron chi connectivity index (χ3n) is 4.12. The summed E-state index contributed by atoms with van der Waals surface area (Å²) < 4.78 is 11.0. The molecule has 0 aliphatic rings. The highest BCUT2D eigenvalue weighted by Gasteiger charge is 2.23. The Morgan fingerprint density at radius 3 is 2.48 bits per heavy atom.